The number of nitrogens with zero attached hydrogens (tertiary/aromatic N) is 1. The van der Waals surface area contributed by atoms with Gasteiger partial charge in [-0.1, -0.05) is 23.2 Å². The fraction of sp³-hybridized carbons (Fsp3) is 0.250. The van der Waals surface area contributed by atoms with Gasteiger partial charge < -0.3 is 14.6 Å². The van der Waals surface area contributed by atoms with Gasteiger partial charge in [0.2, 0.25) is 6.10 Å². The lowest BCUT2D eigenvalue weighted by Crippen LogP contribution is -2.47. The Labute approximate surface area is 155 Å². The Morgan fingerprint density at radius 3 is 2.65 bits per heavy atom. The van der Waals surface area contributed by atoms with E-state index in [9.17, 15) is 18.0 Å². The first-order chi connectivity index (χ1) is 12.2. The number of rotatable bonds is 3. The van der Waals surface area contributed by atoms with Crippen molar-refractivity contribution in [2.45, 2.75) is 18.7 Å². The molecule has 0 aliphatic carbocycles. The predicted octanol–water partition coefficient (Wildman–Crippen LogP) is 4.75. The molecule has 0 unspecified atom stereocenters. The van der Waals surface area contributed by atoms with Gasteiger partial charge in [-0.3, -0.25) is 4.79 Å². The highest BCUT2D eigenvalue weighted by atomic mass is 35.5. The molecule has 138 valence electrons. The van der Waals surface area contributed by atoms with Crippen LogP contribution in [0, 0.1) is 5.92 Å². The molecule has 1 aliphatic heterocycles. The Morgan fingerprint density at radius 1 is 1.31 bits per heavy atom. The summed E-state index contributed by atoms with van der Waals surface area (Å²) in [4.78, 5) is 15.0. The average Bonchev–Trinajstić information content (AvgIpc) is 2.55. The van der Waals surface area contributed by atoms with Crippen LogP contribution >= 0.6 is 23.2 Å². The summed E-state index contributed by atoms with van der Waals surface area (Å²) in [5.41, 5.74) is 0.243. The number of pyridine rings is 1. The minimum absolute atomic E-state index is 0.00927. The lowest BCUT2D eigenvalue weighted by molar-refractivity contribution is -0.217. The number of ether oxygens (including phenoxy) is 2. The van der Waals surface area contributed by atoms with Crippen molar-refractivity contribution >= 4 is 29.2 Å². The fourth-order valence-electron chi connectivity index (χ4n) is 2.56. The average molecular weight is 408 g/mol. The van der Waals surface area contributed by atoms with Crippen LogP contribution in [-0.4, -0.2) is 28.3 Å². The maximum atomic E-state index is 13.2. The summed E-state index contributed by atoms with van der Waals surface area (Å²) < 4.78 is 49.9. The molecule has 1 aromatic carbocycles. The van der Waals surface area contributed by atoms with Crippen LogP contribution in [0.3, 0.4) is 0 Å². The monoisotopic (exact) mass is 407 g/mol. The molecule has 1 aromatic heterocycles. The zero-order valence-electron chi connectivity index (χ0n) is 12.8. The predicted molar refractivity (Wildman–Crippen MR) is 86.1 cm³/mol. The molecule has 0 amide bonds. The van der Waals surface area contributed by atoms with Crippen molar-refractivity contribution in [2.75, 3.05) is 0 Å². The van der Waals surface area contributed by atoms with Crippen molar-refractivity contribution in [3.8, 4) is 17.2 Å². The third-order valence-electron chi connectivity index (χ3n) is 3.76. The van der Waals surface area contributed by atoms with Gasteiger partial charge in [-0.25, -0.2) is 4.98 Å². The smallest absolute Gasteiger partial charge is 0.426 e. The normalized spacial score (nSPS) is 19.4. The quantitative estimate of drug-likeness (QED) is 0.743. The van der Waals surface area contributed by atoms with E-state index in [1.165, 1.54) is 24.4 Å². The second-order valence-corrected chi connectivity index (χ2v) is 6.28. The Kier molecular flexibility index (Phi) is 4.90. The molecule has 5 nitrogen and oxygen atoms in total. The first kappa shape index (κ1) is 18.6. The van der Waals surface area contributed by atoms with Crippen LogP contribution in [0.1, 0.15) is 5.56 Å². The van der Waals surface area contributed by atoms with Gasteiger partial charge in [0.15, 0.2) is 10.9 Å². The fourth-order valence-corrected chi connectivity index (χ4v) is 2.95. The van der Waals surface area contributed by atoms with Crippen molar-refractivity contribution in [3.63, 3.8) is 0 Å². The maximum absolute atomic E-state index is 13.2. The van der Waals surface area contributed by atoms with Crippen LogP contribution in [0.15, 0.2) is 30.5 Å². The molecule has 0 radical (unpaired) electrons. The second kappa shape index (κ2) is 6.85. The Morgan fingerprint density at radius 2 is 2.04 bits per heavy atom. The first-order valence-electron chi connectivity index (χ1n) is 7.24. The molecule has 26 heavy (non-hydrogen) atoms. The Bertz CT molecular complexity index is 860. The summed E-state index contributed by atoms with van der Waals surface area (Å²) in [6, 6.07) is 5.56. The standard InChI is InChI=1S/C16H10Cl2F3NO4/c17-9-5-7-4-8(15(23)24)13(16(19,20)21)26-11(7)6-12(9)25-10-2-1-3-22-14(10)18/h1-3,5-6,8,13H,4H2,(H,23,24)/t8-,13+/m1/s1. The van der Waals surface area contributed by atoms with Gasteiger partial charge in [-0.05, 0) is 30.2 Å². The highest BCUT2D eigenvalue weighted by Gasteiger charge is 2.52. The van der Waals surface area contributed by atoms with Gasteiger partial charge in [0.05, 0.1) is 5.02 Å². The van der Waals surface area contributed by atoms with E-state index < -0.39 is 24.2 Å². The summed E-state index contributed by atoms with van der Waals surface area (Å²) in [6.07, 6.45) is -6.24. The van der Waals surface area contributed by atoms with Crippen molar-refractivity contribution in [1.82, 2.24) is 4.98 Å². The van der Waals surface area contributed by atoms with Gasteiger partial charge in [0.25, 0.3) is 0 Å². The summed E-state index contributed by atoms with van der Waals surface area (Å²) in [6.45, 7) is 0. The van der Waals surface area contributed by atoms with E-state index in [1.54, 1.807) is 6.07 Å². The molecular formula is C16H10Cl2F3NO4. The summed E-state index contributed by atoms with van der Waals surface area (Å²) in [5.74, 6) is -3.35. The molecule has 10 heteroatoms. The van der Waals surface area contributed by atoms with Crippen LogP contribution in [0.4, 0.5) is 13.2 Å². The number of hydrogen-bond donors (Lipinski definition) is 1. The van der Waals surface area contributed by atoms with Crippen LogP contribution in [0.5, 0.6) is 17.2 Å². The minimum atomic E-state index is -4.84. The zero-order valence-corrected chi connectivity index (χ0v) is 14.3. The molecule has 0 bridgehead atoms. The largest absolute Gasteiger partial charge is 0.481 e. The van der Waals surface area contributed by atoms with Crippen molar-refractivity contribution < 1.29 is 32.5 Å². The van der Waals surface area contributed by atoms with Crippen LogP contribution < -0.4 is 9.47 Å². The molecule has 0 saturated carbocycles. The number of benzene rings is 1. The van der Waals surface area contributed by atoms with Crippen molar-refractivity contribution in [1.29, 1.82) is 0 Å². The number of carbonyl (C=O) groups is 1. The number of alkyl halides is 3. The number of halogens is 5. The molecule has 2 heterocycles. The SMILES string of the molecule is O=C(O)[C@@H]1Cc2cc(Cl)c(Oc3cccnc3Cl)cc2O[C@@H]1C(F)(F)F. The molecular weight excluding hydrogens is 398 g/mol. The second-order valence-electron chi connectivity index (χ2n) is 5.51. The number of fused-ring (bicyclic) bond motifs is 1. The van der Waals surface area contributed by atoms with E-state index >= 15 is 0 Å². The molecule has 3 rings (SSSR count). The molecule has 1 aliphatic rings. The van der Waals surface area contributed by atoms with Crippen LogP contribution in [0.25, 0.3) is 0 Å². The third-order valence-corrected chi connectivity index (χ3v) is 4.34. The van der Waals surface area contributed by atoms with E-state index in [2.05, 4.69) is 4.98 Å². The third kappa shape index (κ3) is 3.66. The van der Waals surface area contributed by atoms with Gasteiger partial charge in [0, 0.05) is 12.3 Å². The van der Waals surface area contributed by atoms with E-state index in [0.717, 1.165) is 0 Å². The van der Waals surface area contributed by atoms with Crippen LogP contribution in [0.2, 0.25) is 10.2 Å². The number of carboxylic acid groups (broad SMARTS) is 1. The molecule has 0 spiro atoms. The van der Waals surface area contributed by atoms with Crippen LogP contribution in [-0.2, 0) is 11.2 Å². The highest BCUT2D eigenvalue weighted by molar-refractivity contribution is 6.32. The summed E-state index contributed by atoms with van der Waals surface area (Å²) >= 11 is 12.0. The van der Waals surface area contributed by atoms with E-state index in [-0.39, 0.29) is 39.4 Å². The lowest BCUT2D eigenvalue weighted by Gasteiger charge is -2.32. The topological polar surface area (TPSA) is 68.7 Å². The number of hydrogen-bond acceptors (Lipinski definition) is 4. The molecule has 2 atom stereocenters. The molecule has 0 fully saturated rings. The van der Waals surface area contributed by atoms with E-state index in [4.69, 9.17) is 37.8 Å². The Hall–Kier alpha value is -2.19. The van der Waals surface area contributed by atoms with Crippen molar-refractivity contribution in [3.05, 3.63) is 46.2 Å². The molecule has 1 N–H and O–H groups in total. The summed E-state index contributed by atoms with van der Waals surface area (Å²) in [5, 5.41) is 9.20. The number of carboxylic acids is 1. The highest BCUT2D eigenvalue weighted by Crippen LogP contribution is 2.43. The first-order valence-corrected chi connectivity index (χ1v) is 7.99. The molecule has 2 aromatic rings. The van der Waals surface area contributed by atoms with Gasteiger partial charge in [-0.2, -0.15) is 13.2 Å². The molecule has 0 saturated heterocycles. The van der Waals surface area contributed by atoms with Gasteiger partial charge in [0.1, 0.15) is 17.4 Å². The number of aromatic nitrogens is 1. The zero-order chi connectivity index (χ0) is 19.1. The Balaban J connectivity index is 1.97. The maximum Gasteiger partial charge on any atom is 0.426 e. The van der Waals surface area contributed by atoms with Gasteiger partial charge in [-0.15, -0.1) is 0 Å². The van der Waals surface area contributed by atoms with Crippen molar-refractivity contribution in [2.24, 2.45) is 5.92 Å². The number of aliphatic carboxylic acids is 1. The van der Waals surface area contributed by atoms with E-state index in [0.29, 0.717) is 0 Å². The minimum Gasteiger partial charge on any atom is -0.481 e. The lowest BCUT2D eigenvalue weighted by atomic mass is 9.90. The summed E-state index contributed by atoms with van der Waals surface area (Å²) in [7, 11) is 0. The van der Waals surface area contributed by atoms with E-state index in [1.807, 2.05) is 0 Å². The van der Waals surface area contributed by atoms with Gasteiger partial charge >= 0.3 is 12.1 Å².